The number of primary amides is 1. The van der Waals surface area contributed by atoms with E-state index in [1.807, 2.05) is 30.3 Å². The molecule has 1 unspecified atom stereocenters. The Balaban J connectivity index is 1.52. The first kappa shape index (κ1) is 21.0. The second-order valence-electron chi connectivity index (χ2n) is 7.80. The highest BCUT2D eigenvalue weighted by molar-refractivity contribution is 5.93. The topological polar surface area (TPSA) is 77.7 Å². The first-order chi connectivity index (χ1) is 15.0. The number of pyridine rings is 1. The summed E-state index contributed by atoms with van der Waals surface area (Å²) < 4.78 is 11.6. The first-order valence-electron chi connectivity index (χ1n) is 10.4. The molecule has 31 heavy (non-hydrogen) atoms. The highest BCUT2D eigenvalue weighted by atomic mass is 16.5. The van der Waals surface area contributed by atoms with Crippen molar-refractivity contribution in [1.82, 2.24) is 9.88 Å². The minimum Gasteiger partial charge on any atom is -0.496 e. The molecule has 0 bridgehead atoms. The molecule has 1 aliphatic rings. The molecule has 1 aliphatic heterocycles. The Morgan fingerprint density at radius 3 is 2.84 bits per heavy atom. The van der Waals surface area contributed by atoms with E-state index in [0.717, 1.165) is 42.3 Å². The van der Waals surface area contributed by atoms with Crippen molar-refractivity contribution in [2.45, 2.75) is 19.6 Å². The number of hydrogen-bond donors (Lipinski definition) is 1. The summed E-state index contributed by atoms with van der Waals surface area (Å²) in [6, 6.07) is 19.4. The zero-order valence-electron chi connectivity index (χ0n) is 17.9. The van der Waals surface area contributed by atoms with E-state index in [9.17, 15) is 4.79 Å². The van der Waals surface area contributed by atoms with E-state index in [-0.39, 0.29) is 6.10 Å². The summed E-state index contributed by atoms with van der Waals surface area (Å²) in [5, 5.41) is 0. The van der Waals surface area contributed by atoms with E-state index in [1.165, 1.54) is 11.1 Å². The average molecular weight is 418 g/mol. The molecular weight excluding hydrogens is 390 g/mol. The number of rotatable bonds is 6. The van der Waals surface area contributed by atoms with Crippen LogP contribution < -0.4 is 10.5 Å². The van der Waals surface area contributed by atoms with Gasteiger partial charge >= 0.3 is 0 Å². The van der Waals surface area contributed by atoms with Gasteiger partial charge in [-0.05, 0) is 42.8 Å². The number of methoxy groups -OCH3 is 1. The third-order valence-corrected chi connectivity index (χ3v) is 5.53. The Kier molecular flexibility index (Phi) is 6.30. The maximum Gasteiger partial charge on any atom is 0.248 e. The Morgan fingerprint density at radius 2 is 2.03 bits per heavy atom. The van der Waals surface area contributed by atoms with Crippen LogP contribution in [-0.4, -0.2) is 42.6 Å². The van der Waals surface area contributed by atoms with Gasteiger partial charge in [-0.25, -0.2) is 0 Å². The van der Waals surface area contributed by atoms with Crippen LogP contribution in [0.25, 0.3) is 11.3 Å². The SMILES string of the molecule is COc1cc(C)ccc1CN1CCOC(c2cccc(-c3cccc(C(N)=O)c3)n2)C1. The van der Waals surface area contributed by atoms with Gasteiger partial charge in [-0.15, -0.1) is 0 Å². The van der Waals surface area contributed by atoms with Gasteiger partial charge < -0.3 is 15.2 Å². The number of carbonyl (C=O) groups is 1. The molecule has 2 heterocycles. The molecule has 2 aromatic carbocycles. The van der Waals surface area contributed by atoms with Crippen molar-refractivity contribution in [2.75, 3.05) is 26.8 Å². The largest absolute Gasteiger partial charge is 0.496 e. The van der Waals surface area contributed by atoms with E-state index >= 15 is 0 Å². The third-order valence-electron chi connectivity index (χ3n) is 5.53. The number of carbonyl (C=O) groups excluding carboxylic acids is 1. The Labute approximate surface area is 182 Å². The first-order valence-corrected chi connectivity index (χ1v) is 10.4. The number of nitrogens with zero attached hydrogens (tertiary/aromatic N) is 2. The molecule has 1 aromatic heterocycles. The third kappa shape index (κ3) is 4.93. The molecule has 1 atom stereocenters. The van der Waals surface area contributed by atoms with Crippen molar-refractivity contribution in [3.63, 3.8) is 0 Å². The molecule has 4 rings (SSSR count). The zero-order chi connectivity index (χ0) is 21.8. The number of hydrogen-bond acceptors (Lipinski definition) is 5. The van der Waals surface area contributed by atoms with E-state index in [4.69, 9.17) is 20.2 Å². The van der Waals surface area contributed by atoms with Crippen LogP contribution in [0.4, 0.5) is 0 Å². The van der Waals surface area contributed by atoms with Gasteiger partial charge in [0.05, 0.1) is 25.1 Å². The van der Waals surface area contributed by atoms with Crippen LogP contribution in [0.1, 0.15) is 33.3 Å². The summed E-state index contributed by atoms with van der Waals surface area (Å²) in [7, 11) is 1.71. The van der Waals surface area contributed by atoms with Crippen LogP contribution >= 0.6 is 0 Å². The van der Waals surface area contributed by atoms with E-state index in [0.29, 0.717) is 12.2 Å². The summed E-state index contributed by atoms with van der Waals surface area (Å²) in [6.45, 7) is 5.10. The predicted molar refractivity (Wildman–Crippen MR) is 120 cm³/mol. The Bertz CT molecular complexity index is 1080. The van der Waals surface area contributed by atoms with Gasteiger partial charge in [0.15, 0.2) is 0 Å². The van der Waals surface area contributed by atoms with E-state index in [2.05, 4.69) is 30.0 Å². The fourth-order valence-electron chi connectivity index (χ4n) is 3.87. The van der Waals surface area contributed by atoms with Crippen LogP contribution in [0, 0.1) is 6.92 Å². The molecule has 1 fully saturated rings. The lowest BCUT2D eigenvalue weighted by Gasteiger charge is -2.33. The molecule has 3 aromatic rings. The van der Waals surface area contributed by atoms with E-state index < -0.39 is 5.91 Å². The number of amides is 1. The van der Waals surface area contributed by atoms with Gasteiger partial charge in [-0.1, -0.05) is 30.3 Å². The lowest BCUT2D eigenvalue weighted by Crippen LogP contribution is -2.38. The molecule has 1 amide bonds. The van der Waals surface area contributed by atoms with Crippen molar-refractivity contribution < 1.29 is 14.3 Å². The zero-order valence-corrected chi connectivity index (χ0v) is 17.9. The molecule has 6 nitrogen and oxygen atoms in total. The Morgan fingerprint density at radius 1 is 1.19 bits per heavy atom. The van der Waals surface area contributed by atoms with Gasteiger partial charge in [0, 0.05) is 36.3 Å². The highest BCUT2D eigenvalue weighted by Crippen LogP contribution is 2.27. The summed E-state index contributed by atoms with van der Waals surface area (Å²) >= 11 is 0. The average Bonchev–Trinajstić information content (AvgIpc) is 2.80. The smallest absolute Gasteiger partial charge is 0.248 e. The van der Waals surface area contributed by atoms with Gasteiger partial charge in [-0.3, -0.25) is 14.7 Å². The highest BCUT2D eigenvalue weighted by Gasteiger charge is 2.24. The monoisotopic (exact) mass is 417 g/mol. The standard InChI is InChI=1S/C25H27N3O3/c1-17-9-10-20(23(13-17)30-2)15-28-11-12-31-24(16-28)22-8-4-7-21(27-22)18-5-3-6-19(14-18)25(26)29/h3-10,13-14,24H,11-12,15-16H2,1-2H3,(H2,26,29). The molecule has 0 radical (unpaired) electrons. The van der Waals surface area contributed by atoms with Crippen molar-refractivity contribution in [3.8, 4) is 17.0 Å². The number of aryl methyl sites for hydroxylation is 1. The Hall–Kier alpha value is -3.22. The van der Waals surface area contributed by atoms with Crippen LogP contribution in [0.15, 0.2) is 60.7 Å². The minimum atomic E-state index is -0.448. The quantitative estimate of drug-likeness (QED) is 0.661. The predicted octanol–water partition coefficient (Wildman–Crippen LogP) is 3.74. The molecule has 1 saturated heterocycles. The molecule has 6 heteroatoms. The fraction of sp³-hybridized carbons (Fsp3) is 0.280. The molecular formula is C25H27N3O3. The number of benzene rings is 2. The van der Waals surface area contributed by atoms with Crippen LogP contribution in [0.5, 0.6) is 5.75 Å². The molecule has 0 spiro atoms. The summed E-state index contributed by atoms with van der Waals surface area (Å²) in [5.41, 5.74) is 10.8. The molecule has 0 aliphatic carbocycles. The van der Waals surface area contributed by atoms with Gasteiger partial charge in [-0.2, -0.15) is 0 Å². The van der Waals surface area contributed by atoms with Crippen molar-refractivity contribution in [2.24, 2.45) is 5.73 Å². The van der Waals surface area contributed by atoms with E-state index in [1.54, 1.807) is 19.2 Å². The lowest BCUT2D eigenvalue weighted by atomic mass is 10.1. The second-order valence-corrected chi connectivity index (χ2v) is 7.80. The number of ether oxygens (including phenoxy) is 2. The van der Waals surface area contributed by atoms with Gasteiger partial charge in [0.2, 0.25) is 5.91 Å². The normalized spacial score (nSPS) is 16.8. The van der Waals surface area contributed by atoms with Crippen molar-refractivity contribution >= 4 is 5.91 Å². The summed E-state index contributed by atoms with van der Waals surface area (Å²) in [5.74, 6) is 0.466. The number of nitrogens with two attached hydrogens (primary N) is 1. The van der Waals surface area contributed by atoms with Gasteiger partial charge in [0.1, 0.15) is 11.9 Å². The summed E-state index contributed by atoms with van der Waals surface area (Å²) in [6.07, 6.45) is -0.121. The number of aromatic nitrogens is 1. The lowest BCUT2D eigenvalue weighted by molar-refractivity contribution is -0.0351. The maximum atomic E-state index is 11.5. The van der Waals surface area contributed by atoms with Crippen molar-refractivity contribution in [3.05, 3.63) is 83.0 Å². The molecule has 0 saturated carbocycles. The van der Waals surface area contributed by atoms with Crippen LogP contribution in [-0.2, 0) is 11.3 Å². The maximum absolute atomic E-state index is 11.5. The van der Waals surface area contributed by atoms with Crippen LogP contribution in [0.3, 0.4) is 0 Å². The van der Waals surface area contributed by atoms with Crippen LogP contribution in [0.2, 0.25) is 0 Å². The van der Waals surface area contributed by atoms with Crippen molar-refractivity contribution in [1.29, 1.82) is 0 Å². The van der Waals surface area contributed by atoms with Gasteiger partial charge in [0.25, 0.3) is 0 Å². The fourth-order valence-corrected chi connectivity index (χ4v) is 3.87. The number of morpholine rings is 1. The molecule has 160 valence electrons. The minimum absolute atomic E-state index is 0.121. The summed E-state index contributed by atoms with van der Waals surface area (Å²) in [4.78, 5) is 18.7. The molecule has 2 N–H and O–H groups in total. The second kappa shape index (κ2) is 9.29.